The van der Waals surface area contributed by atoms with Crippen LogP contribution in [0.3, 0.4) is 0 Å². The van der Waals surface area contributed by atoms with Crippen molar-refractivity contribution in [3.8, 4) is 0 Å². The van der Waals surface area contributed by atoms with Gasteiger partial charge in [-0.05, 0) is 62.2 Å². The van der Waals surface area contributed by atoms with E-state index in [0.29, 0.717) is 16.2 Å². The number of nitrogens with zero attached hydrogens (tertiary/aromatic N) is 1. The molecule has 4 heterocycles. The van der Waals surface area contributed by atoms with Gasteiger partial charge in [0.25, 0.3) is 5.91 Å². The molecule has 4 fully saturated rings. The van der Waals surface area contributed by atoms with E-state index >= 15 is 0 Å². The molecule has 0 radical (unpaired) electrons. The highest BCUT2D eigenvalue weighted by Crippen LogP contribution is 2.53. The zero-order valence-electron chi connectivity index (χ0n) is 13.6. The topological polar surface area (TPSA) is 32.3 Å². The monoisotopic (exact) mass is 384 g/mol. The normalized spacial score (nSPS) is 28.8. The van der Waals surface area contributed by atoms with Crippen LogP contribution >= 0.6 is 23.7 Å². The molecule has 1 saturated carbocycles. The predicted molar refractivity (Wildman–Crippen MR) is 96.5 cm³/mol. The van der Waals surface area contributed by atoms with Crippen molar-refractivity contribution in [1.82, 2.24) is 10.2 Å². The first kappa shape index (κ1) is 17.2. The Morgan fingerprint density at radius 2 is 1.96 bits per heavy atom. The molecule has 1 atom stereocenters. The summed E-state index contributed by atoms with van der Waals surface area (Å²) in [6, 6.07) is 4.49. The lowest BCUT2D eigenvalue weighted by Gasteiger charge is -2.52. The van der Waals surface area contributed by atoms with Crippen molar-refractivity contribution in [2.45, 2.75) is 37.3 Å². The molecule has 7 heteroatoms. The molecular formula is C18H19ClF2N2OS. The molecule has 1 N–H and O–H groups in total. The molecule has 1 aliphatic carbocycles. The van der Waals surface area contributed by atoms with E-state index in [-0.39, 0.29) is 34.6 Å². The second-order valence-corrected chi connectivity index (χ2v) is 8.32. The number of carbonyl (C=O) groups is 1. The van der Waals surface area contributed by atoms with Crippen molar-refractivity contribution >= 4 is 39.7 Å². The molecule has 2 aromatic rings. The van der Waals surface area contributed by atoms with Crippen molar-refractivity contribution in [1.29, 1.82) is 0 Å². The molecule has 1 spiro atoms. The quantitative estimate of drug-likeness (QED) is 0.850. The number of hydrogen-bond donors (Lipinski definition) is 1. The molecule has 3 nitrogen and oxygen atoms in total. The first-order chi connectivity index (χ1) is 11.6. The Morgan fingerprint density at radius 3 is 2.64 bits per heavy atom. The smallest absolute Gasteiger partial charge is 0.261 e. The number of fused-ring (bicyclic) bond motifs is 3. The van der Waals surface area contributed by atoms with Crippen LogP contribution in [0.2, 0.25) is 0 Å². The Labute approximate surface area is 154 Å². The number of halogens is 3. The zero-order chi connectivity index (χ0) is 16.5. The second-order valence-electron chi connectivity index (χ2n) is 7.27. The number of thiophene rings is 1. The van der Waals surface area contributed by atoms with Crippen LogP contribution in [-0.2, 0) is 0 Å². The summed E-state index contributed by atoms with van der Waals surface area (Å²) < 4.78 is 27.5. The van der Waals surface area contributed by atoms with Crippen LogP contribution in [0.4, 0.5) is 8.78 Å². The fourth-order valence-electron chi connectivity index (χ4n) is 4.69. The maximum absolute atomic E-state index is 13.9. The molecule has 6 rings (SSSR count). The SMILES string of the molecule is Cl.O=C(N[C@@H]1C2CCN(CC2)C12CC2)c1cc2ccc(F)c(F)c2s1. The molecule has 0 unspecified atom stereocenters. The van der Waals surface area contributed by atoms with Gasteiger partial charge in [0, 0.05) is 5.54 Å². The number of piperidine rings is 3. The summed E-state index contributed by atoms with van der Waals surface area (Å²) in [6.07, 6.45) is 4.58. The molecule has 25 heavy (non-hydrogen) atoms. The van der Waals surface area contributed by atoms with E-state index in [0.717, 1.165) is 56.2 Å². The van der Waals surface area contributed by atoms with E-state index in [1.54, 1.807) is 6.07 Å². The van der Waals surface area contributed by atoms with Crippen molar-refractivity contribution in [3.63, 3.8) is 0 Å². The van der Waals surface area contributed by atoms with Gasteiger partial charge in [0.15, 0.2) is 11.6 Å². The lowest BCUT2D eigenvalue weighted by Crippen LogP contribution is -2.65. The van der Waals surface area contributed by atoms with Gasteiger partial charge in [-0.2, -0.15) is 0 Å². The average Bonchev–Trinajstić information content (AvgIpc) is 3.24. The summed E-state index contributed by atoms with van der Waals surface area (Å²) in [5.74, 6) is -1.34. The molecule has 3 aliphatic heterocycles. The Hall–Kier alpha value is -1.24. The minimum absolute atomic E-state index is 0. The largest absolute Gasteiger partial charge is 0.346 e. The van der Waals surface area contributed by atoms with Crippen LogP contribution in [0.15, 0.2) is 18.2 Å². The number of carbonyl (C=O) groups excluding carboxylic acids is 1. The summed E-state index contributed by atoms with van der Waals surface area (Å²) in [7, 11) is 0. The van der Waals surface area contributed by atoms with Gasteiger partial charge in [-0.1, -0.05) is 6.07 Å². The molecule has 4 aliphatic rings. The van der Waals surface area contributed by atoms with Crippen LogP contribution in [0.5, 0.6) is 0 Å². The van der Waals surface area contributed by atoms with Crippen molar-refractivity contribution in [2.24, 2.45) is 5.92 Å². The van der Waals surface area contributed by atoms with Crippen LogP contribution < -0.4 is 5.32 Å². The van der Waals surface area contributed by atoms with E-state index in [1.807, 2.05) is 0 Å². The molecule has 3 saturated heterocycles. The lowest BCUT2D eigenvalue weighted by molar-refractivity contribution is -0.00138. The molecule has 1 aromatic carbocycles. The molecule has 134 valence electrons. The minimum Gasteiger partial charge on any atom is -0.346 e. The molecular weight excluding hydrogens is 366 g/mol. The molecule has 1 amide bonds. The summed E-state index contributed by atoms with van der Waals surface area (Å²) in [6.45, 7) is 2.29. The van der Waals surface area contributed by atoms with Crippen LogP contribution in [-0.4, -0.2) is 35.5 Å². The summed E-state index contributed by atoms with van der Waals surface area (Å²) >= 11 is 1.03. The fourth-order valence-corrected chi connectivity index (χ4v) is 5.68. The van der Waals surface area contributed by atoms with Crippen LogP contribution in [0.1, 0.15) is 35.4 Å². The van der Waals surface area contributed by atoms with Gasteiger partial charge < -0.3 is 5.32 Å². The maximum Gasteiger partial charge on any atom is 0.261 e. The zero-order valence-corrected chi connectivity index (χ0v) is 15.2. The third-order valence-corrected chi connectivity index (χ3v) is 7.21. The van der Waals surface area contributed by atoms with Gasteiger partial charge in [-0.25, -0.2) is 8.78 Å². The minimum atomic E-state index is -0.870. The molecule has 1 aromatic heterocycles. The number of hydrogen-bond acceptors (Lipinski definition) is 3. The number of benzene rings is 1. The maximum atomic E-state index is 13.9. The van der Waals surface area contributed by atoms with Crippen LogP contribution in [0.25, 0.3) is 10.1 Å². The molecule has 2 bridgehead atoms. The Kier molecular flexibility index (Phi) is 4.05. The Morgan fingerprint density at radius 1 is 1.24 bits per heavy atom. The van der Waals surface area contributed by atoms with Gasteiger partial charge in [0.1, 0.15) is 0 Å². The van der Waals surface area contributed by atoms with Gasteiger partial charge >= 0.3 is 0 Å². The number of rotatable bonds is 2. The highest BCUT2D eigenvalue weighted by atomic mass is 35.5. The third-order valence-electron chi connectivity index (χ3n) is 6.07. The highest BCUT2D eigenvalue weighted by Gasteiger charge is 2.60. The summed E-state index contributed by atoms with van der Waals surface area (Å²) in [5, 5.41) is 3.81. The average molecular weight is 385 g/mol. The van der Waals surface area contributed by atoms with E-state index < -0.39 is 11.6 Å². The van der Waals surface area contributed by atoms with Gasteiger partial charge in [0.05, 0.1) is 15.6 Å². The Bertz CT molecular complexity index is 843. The highest BCUT2D eigenvalue weighted by molar-refractivity contribution is 7.20. The van der Waals surface area contributed by atoms with E-state index in [4.69, 9.17) is 0 Å². The third kappa shape index (κ3) is 2.49. The van der Waals surface area contributed by atoms with Crippen molar-refractivity contribution < 1.29 is 13.6 Å². The number of amides is 1. The van der Waals surface area contributed by atoms with Crippen LogP contribution in [0, 0.1) is 17.6 Å². The van der Waals surface area contributed by atoms with Gasteiger partial charge in [-0.15, -0.1) is 23.7 Å². The number of nitrogens with one attached hydrogen (secondary N) is 1. The van der Waals surface area contributed by atoms with Crippen molar-refractivity contribution in [2.75, 3.05) is 13.1 Å². The second kappa shape index (κ2) is 5.89. The first-order valence-corrected chi connectivity index (χ1v) is 9.34. The predicted octanol–water partition coefficient (Wildman–Crippen LogP) is 3.96. The van der Waals surface area contributed by atoms with Crippen molar-refractivity contribution in [3.05, 3.63) is 34.7 Å². The standard InChI is InChI=1S/C18H18F2N2OS.ClH/c19-12-2-1-11-9-13(24-15(11)14(12)20)17(23)21-16-10-3-7-22(8-4-10)18(16)5-6-18;/h1-2,9-10,16H,3-8H2,(H,21,23);1H/t16-;/m1./s1. The lowest BCUT2D eigenvalue weighted by atomic mass is 9.77. The van der Waals surface area contributed by atoms with Gasteiger partial charge in [-0.3, -0.25) is 9.69 Å². The fraction of sp³-hybridized carbons (Fsp3) is 0.500. The van der Waals surface area contributed by atoms with E-state index in [1.165, 1.54) is 6.07 Å². The van der Waals surface area contributed by atoms with E-state index in [9.17, 15) is 13.6 Å². The first-order valence-electron chi connectivity index (χ1n) is 8.52. The van der Waals surface area contributed by atoms with E-state index in [2.05, 4.69) is 10.2 Å². The Balaban J connectivity index is 0.00000157. The summed E-state index contributed by atoms with van der Waals surface area (Å²) in [4.78, 5) is 15.7. The summed E-state index contributed by atoms with van der Waals surface area (Å²) in [5.41, 5.74) is 0.171. The van der Waals surface area contributed by atoms with Gasteiger partial charge in [0.2, 0.25) is 0 Å².